The summed E-state index contributed by atoms with van der Waals surface area (Å²) in [6.45, 7) is 5.15. The lowest BCUT2D eigenvalue weighted by molar-refractivity contribution is -0.129. The Kier molecular flexibility index (Phi) is 7.59. The van der Waals surface area contributed by atoms with E-state index in [1.807, 2.05) is 13.8 Å². The van der Waals surface area contributed by atoms with E-state index in [1.54, 1.807) is 18.2 Å². The molecular formula is C14H22FNO3. The highest BCUT2D eigenvalue weighted by atomic mass is 19.1. The Labute approximate surface area is 113 Å². The van der Waals surface area contributed by atoms with E-state index in [0.29, 0.717) is 12.3 Å². The van der Waals surface area contributed by atoms with Crippen LogP contribution in [0.15, 0.2) is 24.3 Å². The van der Waals surface area contributed by atoms with Crippen LogP contribution in [-0.2, 0) is 14.2 Å². The number of hydrogen-bond acceptors (Lipinski definition) is 4. The molecule has 0 amide bonds. The number of hydrogen-bond donors (Lipinski definition) is 1. The van der Waals surface area contributed by atoms with Gasteiger partial charge < -0.3 is 14.2 Å². The van der Waals surface area contributed by atoms with Crippen LogP contribution in [0.5, 0.6) is 0 Å². The zero-order valence-electron chi connectivity index (χ0n) is 11.7. The minimum absolute atomic E-state index is 0.0912. The molecule has 0 saturated carbocycles. The van der Waals surface area contributed by atoms with Gasteiger partial charge in [-0.05, 0) is 19.5 Å². The summed E-state index contributed by atoms with van der Waals surface area (Å²) in [6.07, 6.45) is -0.786. The van der Waals surface area contributed by atoms with E-state index in [4.69, 9.17) is 14.2 Å². The molecule has 1 rings (SSSR count). The highest BCUT2D eigenvalue weighted by Gasteiger charge is 2.23. The van der Waals surface area contributed by atoms with Crippen LogP contribution in [0.25, 0.3) is 0 Å². The van der Waals surface area contributed by atoms with Crippen LogP contribution in [0.1, 0.15) is 25.5 Å². The van der Waals surface area contributed by atoms with E-state index in [2.05, 4.69) is 5.32 Å². The molecule has 4 nitrogen and oxygen atoms in total. The predicted molar refractivity (Wildman–Crippen MR) is 71.2 cm³/mol. The number of benzene rings is 1. The number of rotatable bonds is 9. The standard InChI is InChI=1S/C14H22FNO3/c1-4-16-9-18-11(2)14(19-10-17-3)12-7-5-6-8-13(12)15/h5-8,11,14,16H,4,9-10H2,1-3H3/t11-,14+/m0/s1. The smallest absolute Gasteiger partial charge is 0.147 e. The highest BCUT2D eigenvalue weighted by Crippen LogP contribution is 2.25. The first-order valence-corrected chi connectivity index (χ1v) is 6.38. The molecule has 2 atom stereocenters. The third-order valence-corrected chi connectivity index (χ3v) is 2.70. The molecule has 0 fully saturated rings. The van der Waals surface area contributed by atoms with E-state index < -0.39 is 6.10 Å². The lowest BCUT2D eigenvalue weighted by Gasteiger charge is -2.25. The SMILES string of the molecule is CCNCO[C@@H](C)[C@@H](OCOC)c1ccccc1F. The van der Waals surface area contributed by atoms with Gasteiger partial charge in [0.15, 0.2) is 0 Å². The van der Waals surface area contributed by atoms with Crippen molar-refractivity contribution in [2.45, 2.75) is 26.1 Å². The van der Waals surface area contributed by atoms with Gasteiger partial charge >= 0.3 is 0 Å². The predicted octanol–water partition coefficient (Wildman–Crippen LogP) is 2.46. The van der Waals surface area contributed by atoms with Gasteiger partial charge in [0.25, 0.3) is 0 Å². The van der Waals surface area contributed by atoms with E-state index >= 15 is 0 Å². The number of ether oxygens (including phenoxy) is 3. The molecule has 1 N–H and O–H groups in total. The first-order chi connectivity index (χ1) is 9.20. The highest BCUT2D eigenvalue weighted by molar-refractivity contribution is 5.20. The van der Waals surface area contributed by atoms with Crippen molar-refractivity contribution < 1.29 is 18.6 Å². The number of methoxy groups -OCH3 is 1. The molecule has 0 unspecified atom stereocenters. The molecule has 108 valence electrons. The van der Waals surface area contributed by atoms with Crippen LogP contribution in [-0.4, -0.2) is 33.3 Å². The second kappa shape index (κ2) is 8.98. The maximum Gasteiger partial charge on any atom is 0.147 e. The lowest BCUT2D eigenvalue weighted by atomic mass is 10.0. The minimum atomic E-state index is -0.500. The summed E-state index contributed by atoms with van der Waals surface area (Å²) in [7, 11) is 1.53. The summed E-state index contributed by atoms with van der Waals surface area (Å²) in [5, 5.41) is 3.05. The summed E-state index contributed by atoms with van der Waals surface area (Å²) < 4.78 is 29.8. The van der Waals surface area contributed by atoms with Crippen molar-refractivity contribution >= 4 is 0 Å². The van der Waals surface area contributed by atoms with Gasteiger partial charge in [0.1, 0.15) is 18.7 Å². The second-order valence-electron chi connectivity index (χ2n) is 4.13. The molecule has 0 aliphatic heterocycles. The molecule has 0 heterocycles. The Morgan fingerprint density at radius 1 is 1.26 bits per heavy atom. The largest absolute Gasteiger partial charge is 0.360 e. The molecule has 0 spiro atoms. The average molecular weight is 271 g/mol. The average Bonchev–Trinajstić information content (AvgIpc) is 2.41. The van der Waals surface area contributed by atoms with Crippen molar-refractivity contribution in [3.05, 3.63) is 35.6 Å². The monoisotopic (exact) mass is 271 g/mol. The first-order valence-electron chi connectivity index (χ1n) is 6.38. The minimum Gasteiger partial charge on any atom is -0.360 e. The number of halogens is 1. The molecule has 1 aromatic rings. The Balaban J connectivity index is 2.73. The van der Waals surface area contributed by atoms with Crippen molar-refractivity contribution in [1.82, 2.24) is 5.32 Å². The zero-order chi connectivity index (χ0) is 14.1. The molecule has 0 aromatic heterocycles. The maximum absolute atomic E-state index is 13.8. The van der Waals surface area contributed by atoms with Crippen molar-refractivity contribution in [3.8, 4) is 0 Å². The van der Waals surface area contributed by atoms with Crippen molar-refractivity contribution in [2.24, 2.45) is 0 Å². The normalized spacial score (nSPS) is 14.3. The molecule has 1 aromatic carbocycles. The molecule has 19 heavy (non-hydrogen) atoms. The summed E-state index contributed by atoms with van der Waals surface area (Å²) in [5.74, 6) is -0.303. The molecular weight excluding hydrogens is 249 g/mol. The fourth-order valence-corrected chi connectivity index (χ4v) is 1.71. The van der Waals surface area contributed by atoms with Gasteiger partial charge in [-0.1, -0.05) is 25.1 Å². The van der Waals surface area contributed by atoms with Gasteiger partial charge in [-0.25, -0.2) is 4.39 Å². The molecule has 0 aliphatic carbocycles. The zero-order valence-corrected chi connectivity index (χ0v) is 11.7. The second-order valence-corrected chi connectivity index (χ2v) is 4.13. The Hall–Kier alpha value is -1.01. The summed E-state index contributed by atoms with van der Waals surface area (Å²) >= 11 is 0. The van der Waals surface area contributed by atoms with Gasteiger partial charge in [0.2, 0.25) is 0 Å². The van der Waals surface area contributed by atoms with E-state index in [1.165, 1.54) is 13.2 Å². The Morgan fingerprint density at radius 3 is 2.63 bits per heavy atom. The molecule has 0 radical (unpaired) electrons. The van der Waals surface area contributed by atoms with E-state index in [0.717, 1.165) is 6.54 Å². The Bertz CT molecular complexity index is 362. The van der Waals surface area contributed by atoms with E-state index in [9.17, 15) is 4.39 Å². The summed E-state index contributed by atoms with van der Waals surface area (Å²) in [6, 6.07) is 6.53. The van der Waals surface area contributed by atoms with Gasteiger partial charge in [-0.15, -0.1) is 0 Å². The van der Waals surface area contributed by atoms with Gasteiger partial charge in [0, 0.05) is 12.7 Å². The lowest BCUT2D eigenvalue weighted by Crippen LogP contribution is -2.28. The third-order valence-electron chi connectivity index (χ3n) is 2.70. The van der Waals surface area contributed by atoms with Gasteiger partial charge in [0.05, 0.1) is 12.8 Å². The van der Waals surface area contributed by atoms with Crippen LogP contribution in [0.4, 0.5) is 4.39 Å². The van der Waals surface area contributed by atoms with Crippen LogP contribution in [0.3, 0.4) is 0 Å². The van der Waals surface area contributed by atoms with Crippen molar-refractivity contribution in [3.63, 3.8) is 0 Å². The van der Waals surface area contributed by atoms with E-state index in [-0.39, 0.29) is 18.7 Å². The molecule has 0 aliphatic rings. The fourth-order valence-electron chi connectivity index (χ4n) is 1.71. The topological polar surface area (TPSA) is 39.7 Å². The first kappa shape index (κ1) is 16.0. The maximum atomic E-state index is 13.8. The van der Waals surface area contributed by atoms with Crippen LogP contribution >= 0.6 is 0 Å². The quantitative estimate of drug-likeness (QED) is 0.553. The molecule has 0 saturated heterocycles. The van der Waals surface area contributed by atoms with Crippen molar-refractivity contribution in [1.29, 1.82) is 0 Å². The van der Waals surface area contributed by atoms with Gasteiger partial charge in [-0.2, -0.15) is 0 Å². The van der Waals surface area contributed by atoms with Gasteiger partial charge in [-0.3, -0.25) is 5.32 Å². The van der Waals surface area contributed by atoms with Crippen molar-refractivity contribution in [2.75, 3.05) is 27.2 Å². The third kappa shape index (κ3) is 5.24. The van der Waals surface area contributed by atoms with Crippen LogP contribution in [0.2, 0.25) is 0 Å². The summed E-state index contributed by atoms with van der Waals surface area (Å²) in [4.78, 5) is 0. The fraction of sp³-hybridized carbons (Fsp3) is 0.571. The molecule has 5 heteroatoms. The number of nitrogens with one attached hydrogen (secondary N) is 1. The van der Waals surface area contributed by atoms with Crippen LogP contribution < -0.4 is 5.32 Å². The van der Waals surface area contributed by atoms with Crippen LogP contribution in [0, 0.1) is 5.82 Å². The summed E-state index contributed by atoms with van der Waals surface area (Å²) in [5.41, 5.74) is 0.476. The Morgan fingerprint density at radius 2 is 2.00 bits per heavy atom. The molecule has 0 bridgehead atoms.